The number of aryl methyl sites for hydroxylation is 1. The highest BCUT2D eigenvalue weighted by molar-refractivity contribution is 5.95. The number of alkyl halides is 3. The van der Waals surface area contributed by atoms with E-state index in [-0.39, 0.29) is 11.8 Å². The number of carbonyl (C=O) groups excluding carboxylic acids is 1. The van der Waals surface area contributed by atoms with E-state index < -0.39 is 11.9 Å². The van der Waals surface area contributed by atoms with Crippen molar-refractivity contribution in [3.05, 3.63) is 47.7 Å². The Labute approximate surface area is 146 Å². The zero-order valence-corrected chi connectivity index (χ0v) is 13.7. The molecule has 134 valence electrons. The first kappa shape index (κ1) is 16.4. The van der Waals surface area contributed by atoms with Crippen LogP contribution >= 0.6 is 0 Å². The quantitative estimate of drug-likeness (QED) is 0.753. The monoisotopic (exact) mass is 361 g/mol. The maximum absolute atomic E-state index is 13.1. The molecule has 1 aromatic carbocycles. The van der Waals surface area contributed by atoms with Crippen LogP contribution in [0.15, 0.2) is 36.4 Å². The summed E-state index contributed by atoms with van der Waals surface area (Å²) >= 11 is 0. The summed E-state index contributed by atoms with van der Waals surface area (Å²) in [5.41, 5.74) is 2.37. The van der Waals surface area contributed by atoms with Gasteiger partial charge in [-0.15, -0.1) is 0 Å². The lowest BCUT2D eigenvalue weighted by atomic mass is 9.97. The predicted molar refractivity (Wildman–Crippen MR) is 89.1 cm³/mol. The summed E-state index contributed by atoms with van der Waals surface area (Å²) in [5.74, 6) is 0.173. The largest absolute Gasteiger partial charge is 0.481 e. The molecular formula is C18H14F3N3O2. The van der Waals surface area contributed by atoms with Crippen molar-refractivity contribution in [2.75, 3.05) is 12.4 Å². The lowest BCUT2D eigenvalue weighted by Crippen LogP contribution is -2.18. The van der Waals surface area contributed by atoms with Gasteiger partial charge in [0.1, 0.15) is 0 Å². The van der Waals surface area contributed by atoms with Crippen molar-refractivity contribution in [2.24, 2.45) is 0 Å². The number of nitrogens with zero attached hydrogens (tertiary/aromatic N) is 2. The third-order valence-electron chi connectivity index (χ3n) is 4.40. The normalized spacial score (nSPS) is 14.2. The van der Waals surface area contributed by atoms with Crippen LogP contribution in [0.4, 0.5) is 18.9 Å². The van der Waals surface area contributed by atoms with Gasteiger partial charge in [0, 0.05) is 23.7 Å². The number of rotatable bonds is 2. The van der Waals surface area contributed by atoms with Crippen molar-refractivity contribution >= 4 is 17.1 Å². The van der Waals surface area contributed by atoms with Crippen LogP contribution in [0.5, 0.6) is 5.88 Å². The van der Waals surface area contributed by atoms with Crippen molar-refractivity contribution in [3.8, 4) is 17.0 Å². The molecule has 0 bridgehead atoms. The van der Waals surface area contributed by atoms with Gasteiger partial charge in [0.15, 0.2) is 5.69 Å². The van der Waals surface area contributed by atoms with E-state index in [1.54, 1.807) is 24.3 Å². The molecular weight excluding hydrogens is 347 g/mol. The summed E-state index contributed by atoms with van der Waals surface area (Å²) < 4.78 is 45.6. The third kappa shape index (κ3) is 2.67. The molecule has 0 atom stereocenters. The van der Waals surface area contributed by atoms with Gasteiger partial charge < -0.3 is 10.1 Å². The van der Waals surface area contributed by atoms with Crippen LogP contribution in [0.3, 0.4) is 0 Å². The minimum absolute atomic E-state index is 0.0392. The van der Waals surface area contributed by atoms with Crippen molar-refractivity contribution in [3.63, 3.8) is 0 Å². The number of amides is 1. The van der Waals surface area contributed by atoms with Crippen LogP contribution in [0.2, 0.25) is 0 Å². The summed E-state index contributed by atoms with van der Waals surface area (Å²) in [6.45, 7) is 0. The second-order valence-electron chi connectivity index (χ2n) is 6.03. The first-order chi connectivity index (χ1) is 12.4. The van der Waals surface area contributed by atoms with Crippen molar-refractivity contribution in [1.82, 2.24) is 9.61 Å². The van der Waals surface area contributed by atoms with Crippen LogP contribution in [0.1, 0.15) is 17.7 Å². The first-order valence-corrected chi connectivity index (χ1v) is 7.94. The number of methoxy groups -OCH3 is 1. The Kier molecular flexibility index (Phi) is 3.64. The maximum Gasteiger partial charge on any atom is 0.435 e. The van der Waals surface area contributed by atoms with Gasteiger partial charge in [0.2, 0.25) is 11.8 Å². The van der Waals surface area contributed by atoms with E-state index in [4.69, 9.17) is 4.74 Å². The summed E-state index contributed by atoms with van der Waals surface area (Å²) in [7, 11) is 1.38. The van der Waals surface area contributed by atoms with E-state index in [0.717, 1.165) is 27.4 Å². The van der Waals surface area contributed by atoms with Gasteiger partial charge in [-0.25, -0.2) is 0 Å². The Balaban J connectivity index is 1.89. The molecule has 1 amide bonds. The van der Waals surface area contributed by atoms with E-state index in [1.807, 2.05) is 6.07 Å². The molecule has 0 radical (unpaired) electrons. The Morgan fingerprint density at radius 2 is 1.96 bits per heavy atom. The Morgan fingerprint density at radius 3 is 2.69 bits per heavy atom. The van der Waals surface area contributed by atoms with E-state index in [0.29, 0.717) is 23.9 Å². The van der Waals surface area contributed by atoms with Crippen LogP contribution < -0.4 is 10.1 Å². The molecule has 1 aliphatic heterocycles. The molecule has 0 saturated carbocycles. The number of anilines is 1. The van der Waals surface area contributed by atoms with E-state index in [9.17, 15) is 18.0 Å². The SMILES string of the molecule is COc1ccc(-c2ccc3c(c2)CCC(=O)N3)c2cc(C(F)(F)F)nn12. The smallest absolute Gasteiger partial charge is 0.435 e. The fourth-order valence-electron chi connectivity index (χ4n) is 3.14. The maximum atomic E-state index is 13.1. The number of hydrogen-bond acceptors (Lipinski definition) is 3. The fraction of sp³-hybridized carbons (Fsp3) is 0.222. The fourth-order valence-corrected chi connectivity index (χ4v) is 3.14. The number of benzene rings is 1. The molecule has 26 heavy (non-hydrogen) atoms. The van der Waals surface area contributed by atoms with Gasteiger partial charge in [-0.05, 0) is 41.8 Å². The highest BCUT2D eigenvalue weighted by atomic mass is 19.4. The third-order valence-corrected chi connectivity index (χ3v) is 4.40. The van der Waals surface area contributed by atoms with Gasteiger partial charge in [-0.1, -0.05) is 6.07 Å². The summed E-state index contributed by atoms with van der Waals surface area (Å²) in [5, 5.41) is 6.44. The highest BCUT2D eigenvalue weighted by Crippen LogP contribution is 2.36. The van der Waals surface area contributed by atoms with E-state index in [2.05, 4.69) is 10.4 Å². The Bertz CT molecular complexity index is 1020. The van der Waals surface area contributed by atoms with E-state index in [1.165, 1.54) is 7.11 Å². The number of halogens is 3. The second-order valence-corrected chi connectivity index (χ2v) is 6.03. The average Bonchev–Trinajstić information content (AvgIpc) is 3.06. The molecule has 2 aromatic heterocycles. The molecule has 1 N–H and O–H groups in total. The van der Waals surface area contributed by atoms with Crippen molar-refractivity contribution < 1.29 is 22.7 Å². The van der Waals surface area contributed by atoms with Gasteiger partial charge in [0.25, 0.3) is 0 Å². The molecule has 0 unspecified atom stereocenters. The average molecular weight is 361 g/mol. The van der Waals surface area contributed by atoms with Crippen molar-refractivity contribution in [2.45, 2.75) is 19.0 Å². The number of pyridine rings is 1. The molecule has 3 heterocycles. The number of aromatic nitrogens is 2. The van der Waals surface area contributed by atoms with Gasteiger partial charge in [0.05, 0.1) is 12.6 Å². The molecule has 5 nitrogen and oxygen atoms in total. The molecule has 0 aliphatic carbocycles. The Morgan fingerprint density at radius 1 is 1.15 bits per heavy atom. The zero-order valence-electron chi connectivity index (χ0n) is 13.7. The lowest BCUT2D eigenvalue weighted by molar-refractivity contribution is -0.141. The van der Waals surface area contributed by atoms with Crippen LogP contribution in [0, 0.1) is 0 Å². The van der Waals surface area contributed by atoms with Crippen LogP contribution in [0.25, 0.3) is 16.6 Å². The standard InChI is InChI=1S/C18H14F3N3O2/c1-26-17-7-4-12(14-9-15(18(19,20)21)23-24(14)17)10-2-5-13-11(8-10)3-6-16(25)22-13/h2,4-5,7-9H,3,6H2,1H3,(H,22,25). The number of nitrogens with one attached hydrogen (secondary N) is 1. The number of carbonyl (C=O) groups is 1. The molecule has 1 aliphatic rings. The number of hydrogen-bond donors (Lipinski definition) is 1. The summed E-state index contributed by atoms with van der Waals surface area (Å²) in [4.78, 5) is 11.5. The van der Waals surface area contributed by atoms with Gasteiger partial charge in [-0.2, -0.15) is 22.8 Å². The molecule has 4 rings (SSSR count). The molecule has 0 saturated heterocycles. The molecule has 3 aromatic rings. The van der Waals surface area contributed by atoms with E-state index >= 15 is 0 Å². The number of fused-ring (bicyclic) bond motifs is 2. The zero-order chi connectivity index (χ0) is 18.5. The molecule has 0 fully saturated rings. The van der Waals surface area contributed by atoms with Gasteiger partial charge >= 0.3 is 6.18 Å². The minimum atomic E-state index is -4.55. The summed E-state index contributed by atoms with van der Waals surface area (Å²) in [6, 6.07) is 9.72. The van der Waals surface area contributed by atoms with Crippen LogP contribution in [-0.2, 0) is 17.4 Å². The topological polar surface area (TPSA) is 55.6 Å². The molecule has 8 heteroatoms. The van der Waals surface area contributed by atoms with Crippen LogP contribution in [-0.4, -0.2) is 22.6 Å². The number of ether oxygens (including phenoxy) is 1. The first-order valence-electron chi connectivity index (χ1n) is 7.94. The molecule has 0 spiro atoms. The lowest BCUT2D eigenvalue weighted by Gasteiger charge is -2.18. The predicted octanol–water partition coefficient (Wildman–Crippen LogP) is 3.91. The summed E-state index contributed by atoms with van der Waals surface area (Å²) in [6.07, 6.45) is -3.57. The highest BCUT2D eigenvalue weighted by Gasteiger charge is 2.35. The Hall–Kier alpha value is -3.03. The second kappa shape index (κ2) is 5.76. The van der Waals surface area contributed by atoms with Crippen molar-refractivity contribution in [1.29, 1.82) is 0 Å². The minimum Gasteiger partial charge on any atom is -0.481 e. The van der Waals surface area contributed by atoms with Gasteiger partial charge in [-0.3, -0.25) is 4.79 Å².